The third-order valence-corrected chi connectivity index (χ3v) is 10.7. The Kier molecular flexibility index (Phi) is 9.96. The van der Waals surface area contributed by atoms with Crippen LogP contribution in [0.4, 0.5) is 0 Å². The van der Waals surface area contributed by atoms with Gasteiger partial charge < -0.3 is 0 Å². The van der Waals surface area contributed by atoms with Gasteiger partial charge in [0, 0.05) is 53.0 Å². The normalized spacial score (nSPS) is 13.5. The van der Waals surface area contributed by atoms with E-state index >= 15 is 0 Å². The maximum Gasteiger partial charge on any atom is 0.164 e. The lowest BCUT2D eigenvalue weighted by molar-refractivity contribution is 0.773. The van der Waals surface area contributed by atoms with Crippen LogP contribution in [0.25, 0.3) is 84.5 Å². The number of hydrogen-bond acceptors (Lipinski definition) is 7. The number of hydrogen-bond donors (Lipinski definition) is 0. The molecule has 7 nitrogen and oxygen atoms in total. The summed E-state index contributed by atoms with van der Waals surface area (Å²) in [6.07, 6.45) is 14.6. The summed E-state index contributed by atoms with van der Waals surface area (Å²) in [5, 5.41) is 0. The molecule has 0 fully saturated rings. The van der Waals surface area contributed by atoms with Crippen molar-refractivity contribution in [2.24, 2.45) is 0 Å². The molecular weight excluding hydrogens is 735 g/mol. The molecule has 60 heavy (non-hydrogen) atoms. The zero-order valence-corrected chi connectivity index (χ0v) is 32.5. The first-order valence-electron chi connectivity index (χ1n) is 20.0. The Balaban J connectivity index is 1.12. The SMILES string of the molecule is C1=CC(c2ncccn2)CC=C1c1cc(-c2ccccc2)cc(-c2nc(-c3ccccc3)nc(-c3cc(-c4ccccc4)cc(-c4ccc(-c5ncccn5)cc4)c3)n2)c1. The summed E-state index contributed by atoms with van der Waals surface area (Å²) >= 11 is 0. The van der Waals surface area contributed by atoms with E-state index in [1.165, 1.54) is 0 Å². The number of allylic oxidation sites excluding steroid dienone is 4. The van der Waals surface area contributed by atoms with Crippen molar-refractivity contribution in [1.82, 2.24) is 34.9 Å². The average Bonchev–Trinajstić information content (AvgIpc) is 3.35. The van der Waals surface area contributed by atoms with Crippen LogP contribution in [0.1, 0.15) is 23.7 Å². The first kappa shape index (κ1) is 36.3. The van der Waals surface area contributed by atoms with Crippen molar-refractivity contribution in [1.29, 1.82) is 0 Å². The van der Waals surface area contributed by atoms with Gasteiger partial charge in [-0.1, -0.05) is 133 Å². The van der Waals surface area contributed by atoms with E-state index in [4.69, 9.17) is 15.0 Å². The maximum absolute atomic E-state index is 5.30. The second kappa shape index (κ2) is 16.4. The van der Waals surface area contributed by atoms with Crippen LogP contribution in [0.5, 0.6) is 0 Å². The summed E-state index contributed by atoms with van der Waals surface area (Å²) < 4.78 is 0. The molecule has 6 aromatic carbocycles. The summed E-state index contributed by atoms with van der Waals surface area (Å²) in [6.45, 7) is 0. The molecule has 3 heterocycles. The first-order chi connectivity index (χ1) is 29.7. The quantitative estimate of drug-likeness (QED) is 0.144. The van der Waals surface area contributed by atoms with E-state index in [2.05, 4.69) is 147 Å². The molecule has 1 atom stereocenters. The van der Waals surface area contributed by atoms with Gasteiger partial charge in [0.05, 0.1) is 0 Å². The zero-order valence-electron chi connectivity index (χ0n) is 32.5. The van der Waals surface area contributed by atoms with Gasteiger partial charge >= 0.3 is 0 Å². The van der Waals surface area contributed by atoms with Crippen LogP contribution in [-0.4, -0.2) is 34.9 Å². The largest absolute Gasteiger partial charge is 0.241 e. The van der Waals surface area contributed by atoms with Crippen LogP contribution in [0.2, 0.25) is 0 Å². The Hall–Kier alpha value is -8.03. The number of benzene rings is 6. The van der Waals surface area contributed by atoms with Gasteiger partial charge in [0.15, 0.2) is 23.3 Å². The van der Waals surface area contributed by atoms with Crippen LogP contribution in [-0.2, 0) is 0 Å². The van der Waals surface area contributed by atoms with Crippen molar-refractivity contribution in [3.05, 3.63) is 218 Å². The fraction of sp³-hybridized carbons (Fsp3) is 0.0377. The minimum Gasteiger partial charge on any atom is -0.241 e. The number of nitrogens with zero attached hydrogens (tertiary/aromatic N) is 7. The van der Waals surface area contributed by atoms with Crippen LogP contribution >= 0.6 is 0 Å². The van der Waals surface area contributed by atoms with Crippen LogP contribution < -0.4 is 0 Å². The Labute approximate surface area is 348 Å². The average molecular weight is 772 g/mol. The molecule has 1 unspecified atom stereocenters. The van der Waals surface area contributed by atoms with Gasteiger partial charge in [0.2, 0.25) is 0 Å². The lowest BCUT2D eigenvalue weighted by atomic mass is 9.90. The fourth-order valence-corrected chi connectivity index (χ4v) is 7.58. The molecule has 0 radical (unpaired) electrons. The van der Waals surface area contributed by atoms with Crippen LogP contribution in [0.3, 0.4) is 0 Å². The minimum absolute atomic E-state index is 0.124. The lowest BCUT2D eigenvalue weighted by Gasteiger charge is -2.17. The molecule has 1 aliphatic rings. The van der Waals surface area contributed by atoms with E-state index in [0.29, 0.717) is 23.3 Å². The van der Waals surface area contributed by atoms with Crippen molar-refractivity contribution in [3.8, 4) is 78.9 Å². The highest BCUT2D eigenvalue weighted by atomic mass is 15.0. The minimum atomic E-state index is 0.124. The molecule has 3 aromatic heterocycles. The van der Waals surface area contributed by atoms with Gasteiger partial charge in [0.25, 0.3) is 0 Å². The van der Waals surface area contributed by atoms with Gasteiger partial charge in [-0.2, -0.15) is 0 Å². The van der Waals surface area contributed by atoms with Crippen molar-refractivity contribution >= 4 is 5.57 Å². The number of aromatic nitrogens is 7. The molecular formula is C53H37N7. The molecule has 9 aromatic rings. The standard InChI is InChI=1S/C53H37N7/c1-4-12-36(13-5-1)43-30-45(38-18-22-41(23-19-38)49-54-26-10-27-55-49)34-47(32-43)52-58-51(40-16-8-3-9-17-40)59-53(60-52)48-33-44(37-14-6-2-7-15-37)31-46(35-48)39-20-24-42(25-21-39)50-56-28-11-29-57-50/h1-24,26-35,42H,25H2. The highest BCUT2D eigenvalue weighted by molar-refractivity contribution is 5.84. The van der Waals surface area contributed by atoms with E-state index in [1.54, 1.807) is 24.8 Å². The smallest absolute Gasteiger partial charge is 0.164 e. The second-order valence-corrected chi connectivity index (χ2v) is 14.6. The lowest BCUT2D eigenvalue weighted by Crippen LogP contribution is -2.04. The summed E-state index contributed by atoms with van der Waals surface area (Å²) in [5.41, 5.74) is 12.3. The summed E-state index contributed by atoms with van der Waals surface area (Å²) in [4.78, 5) is 33.6. The van der Waals surface area contributed by atoms with Crippen LogP contribution in [0.15, 0.2) is 207 Å². The van der Waals surface area contributed by atoms with Crippen LogP contribution in [0, 0.1) is 0 Å². The molecule has 0 spiro atoms. The third-order valence-electron chi connectivity index (χ3n) is 10.7. The highest BCUT2D eigenvalue weighted by Gasteiger charge is 2.19. The summed E-state index contributed by atoms with van der Waals surface area (Å²) in [7, 11) is 0. The number of rotatable bonds is 9. The molecule has 0 bridgehead atoms. The predicted molar refractivity (Wildman–Crippen MR) is 240 cm³/mol. The Morgan fingerprint density at radius 1 is 0.333 bits per heavy atom. The topological polar surface area (TPSA) is 90.2 Å². The van der Waals surface area contributed by atoms with E-state index in [1.807, 2.05) is 54.6 Å². The van der Waals surface area contributed by atoms with Gasteiger partial charge in [-0.25, -0.2) is 34.9 Å². The molecule has 7 heteroatoms. The monoisotopic (exact) mass is 771 g/mol. The summed E-state index contributed by atoms with van der Waals surface area (Å²) in [6, 6.07) is 56.3. The van der Waals surface area contributed by atoms with E-state index < -0.39 is 0 Å². The molecule has 0 N–H and O–H groups in total. The van der Waals surface area contributed by atoms with Gasteiger partial charge in [-0.3, -0.25) is 0 Å². The van der Waals surface area contributed by atoms with Gasteiger partial charge in [-0.15, -0.1) is 0 Å². The highest BCUT2D eigenvalue weighted by Crippen LogP contribution is 2.37. The van der Waals surface area contributed by atoms with E-state index in [9.17, 15) is 0 Å². The van der Waals surface area contributed by atoms with Gasteiger partial charge in [0.1, 0.15) is 5.82 Å². The maximum atomic E-state index is 5.30. The molecule has 10 rings (SSSR count). The predicted octanol–water partition coefficient (Wildman–Crippen LogP) is 12.2. The molecule has 0 saturated heterocycles. The zero-order chi connectivity index (χ0) is 40.1. The molecule has 1 aliphatic carbocycles. The first-order valence-corrected chi connectivity index (χ1v) is 20.0. The Bertz CT molecular complexity index is 2970. The van der Waals surface area contributed by atoms with E-state index in [-0.39, 0.29) is 5.92 Å². The Morgan fingerprint density at radius 2 is 0.733 bits per heavy atom. The molecule has 0 aliphatic heterocycles. The van der Waals surface area contributed by atoms with Crippen molar-refractivity contribution in [2.45, 2.75) is 12.3 Å². The summed E-state index contributed by atoms with van der Waals surface area (Å²) in [5.74, 6) is 3.42. The third kappa shape index (κ3) is 7.80. The van der Waals surface area contributed by atoms with Crippen molar-refractivity contribution in [2.75, 3.05) is 0 Å². The van der Waals surface area contributed by atoms with Crippen molar-refractivity contribution in [3.63, 3.8) is 0 Å². The Morgan fingerprint density at radius 3 is 1.25 bits per heavy atom. The van der Waals surface area contributed by atoms with Crippen molar-refractivity contribution < 1.29 is 0 Å². The molecule has 0 amide bonds. The second-order valence-electron chi connectivity index (χ2n) is 14.6. The fourth-order valence-electron chi connectivity index (χ4n) is 7.58. The molecule has 284 valence electrons. The van der Waals surface area contributed by atoms with E-state index in [0.717, 1.165) is 79.0 Å². The molecule has 0 saturated carbocycles. The van der Waals surface area contributed by atoms with Gasteiger partial charge in [-0.05, 0) is 99.5 Å².